The molecule has 130 valence electrons. The first-order valence-electron chi connectivity index (χ1n) is 7.62. The summed E-state index contributed by atoms with van der Waals surface area (Å²) in [5.41, 5.74) is 0.804. The number of carbonyl (C=O) groups excluding carboxylic acids is 1. The topological polar surface area (TPSA) is 72.9 Å². The molecule has 1 aromatic carbocycles. The third-order valence-electron chi connectivity index (χ3n) is 3.54. The van der Waals surface area contributed by atoms with Gasteiger partial charge in [0.25, 0.3) is 0 Å². The zero-order chi connectivity index (χ0) is 17.5. The van der Waals surface area contributed by atoms with Crippen LogP contribution < -0.4 is 4.18 Å². The molecule has 7 heteroatoms. The first-order chi connectivity index (χ1) is 10.8. The largest absolute Gasteiger partial charge is 0.382 e. The third kappa shape index (κ3) is 6.19. The minimum absolute atomic E-state index is 0.0186. The quantitative estimate of drug-likeness (QED) is 0.643. The van der Waals surface area contributed by atoms with Gasteiger partial charge in [0.15, 0.2) is 0 Å². The van der Waals surface area contributed by atoms with E-state index in [9.17, 15) is 13.2 Å². The van der Waals surface area contributed by atoms with Crippen molar-refractivity contribution in [1.82, 2.24) is 4.90 Å². The number of rotatable bonds is 9. The summed E-state index contributed by atoms with van der Waals surface area (Å²) < 4.78 is 33.0. The number of ether oxygens (including phenoxy) is 1. The van der Waals surface area contributed by atoms with Crippen LogP contribution >= 0.6 is 0 Å². The van der Waals surface area contributed by atoms with Crippen molar-refractivity contribution in [3.05, 3.63) is 29.8 Å². The molecule has 0 bridgehead atoms. The number of methoxy groups -OCH3 is 1. The predicted octanol–water partition coefficient (Wildman–Crippen LogP) is 2.19. The Morgan fingerprint density at radius 2 is 2.00 bits per heavy atom. The Bertz CT molecular complexity index is 615. The van der Waals surface area contributed by atoms with Gasteiger partial charge in [-0.3, -0.25) is 4.79 Å². The van der Waals surface area contributed by atoms with Crippen LogP contribution in [0.1, 0.15) is 32.8 Å². The number of carbonyl (C=O) groups is 1. The van der Waals surface area contributed by atoms with Crippen LogP contribution in [0.3, 0.4) is 0 Å². The van der Waals surface area contributed by atoms with E-state index in [4.69, 9.17) is 8.92 Å². The van der Waals surface area contributed by atoms with Crippen LogP contribution in [0.4, 0.5) is 0 Å². The van der Waals surface area contributed by atoms with Gasteiger partial charge in [0.2, 0.25) is 5.91 Å². The van der Waals surface area contributed by atoms with Crippen LogP contribution in [0, 0.1) is 0 Å². The number of amides is 1. The van der Waals surface area contributed by atoms with E-state index in [2.05, 4.69) is 0 Å². The first-order valence-corrected chi connectivity index (χ1v) is 9.20. The van der Waals surface area contributed by atoms with Crippen molar-refractivity contribution in [2.24, 2.45) is 0 Å². The van der Waals surface area contributed by atoms with Crippen LogP contribution in [-0.4, -0.2) is 44.7 Å². The second kappa shape index (κ2) is 8.88. The Hall–Kier alpha value is -1.60. The van der Waals surface area contributed by atoms with Crippen molar-refractivity contribution >= 4 is 16.0 Å². The molecule has 0 heterocycles. The molecule has 0 fully saturated rings. The second-order valence-corrected chi connectivity index (χ2v) is 7.15. The summed E-state index contributed by atoms with van der Waals surface area (Å²) in [5, 5.41) is 0. The summed E-state index contributed by atoms with van der Waals surface area (Å²) in [7, 11) is -2.08. The molecule has 0 aliphatic carbocycles. The summed E-state index contributed by atoms with van der Waals surface area (Å²) in [6.07, 6.45) is 0.815. The first kappa shape index (κ1) is 19.4. The fourth-order valence-corrected chi connectivity index (χ4v) is 2.53. The van der Waals surface area contributed by atoms with Crippen molar-refractivity contribution in [2.75, 3.05) is 19.5 Å². The lowest BCUT2D eigenvalue weighted by atomic mass is 10.1. The van der Waals surface area contributed by atoms with Gasteiger partial charge in [-0.1, -0.05) is 19.1 Å². The maximum Gasteiger partial charge on any atom is 0.308 e. The third-order valence-corrected chi connectivity index (χ3v) is 4.69. The summed E-state index contributed by atoms with van der Waals surface area (Å²) in [4.78, 5) is 13.9. The van der Waals surface area contributed by atoms with Crippen LogP contribution in [0.15, 0.2) is 24.3 Å². The highest BCUT2D eigenvalue weighted by molar-refractivity contribution is 7.87. The van der Waals surface area contributed by atoms with E-state index in [1.54, 1.807) is 23.1 Å². The van der Waals surface area contributed by atoms with Gasteiger partial charge in [-0.25, -0.2) is 0 Å². The fraction of sp³-hybridized carbons (Fsp3) is 0.562. The van der Waals surface area contributed by atoms with Crippen molar-refractivity contribution in [1.29, 1.82) is 0 Å². The Kier molecular flexibility index (Phi) is 7.51. The van der Waals surface area contributed by atoms with E-state index in [0.717, 1.165) is 12.0 Å². The molecule has 0 radical (unpaired) electrons. The molecule has 1 unspecified atom stereocenters. The van der Waals surface area contributed by atoms with Crippen molar-refractivity contribution in [3.8, 4) is 5.75 Å². The van der Waals surface area contributed by atoms with Crippen LogP contribution in [-0.2, 0) is 26.2 Å². The molecule has 6 nitrogen and oxygen atoms in total. The SMILES string of the molecule is CCC(C)N(Cc1cccc(OS(=O)(=O)CC)c1)C(=O)COC. The second-order valence-electron chi connectivity index (χ2n) is 5.29. The lowest BCUT2D eigenvalue weighted by Crippen LogP contribution is -2.39. The van der Waals surface area contributed by atoms with Crippen molar-refractivity contribution in [2.45, 2.75) is 39.8 Å². The van der Waals surface area contributed by atoms with Gasteiger partial charge in [0, 0.05) is 19.7 Å². The van der Waals surface area contributed by atoms with Gasteiger partial charge in [0.1, 0.15) is 12.4 Å². The Labute approximate surface area is 138 Å². The molecule has 0 aromatic heterocycles. The monoisotopic (exact) mass is 343 g/mol. The van der Waals surface area contributed by atoms with E-state index in [0.29, 0.717) is 6.54 Å². The van der Waals surface area contributed by atoms with Crippen molar-refractivity contribution in [3.63, 3.8) is 0 Å². The van der Waals surface area contributed by atoms with Gasteiger partial charge in [-0.05, 0) is 38.0 Å². The maximum absolute atomic E-state index is 12.2. The van der Waals surface area contributed by atoms with Gasteiger partial charge in [0.05, 0.1) is 5.75 Å². The van der Waals surface area contributed by atoms with Crippen LogP contribution in [0.25, 0.3) is 0 Å². The molecule has 0 aliphatic rings. The highest BCUT2D eigenvalue weighted by atomic mass is 32.2. The van der Waals surface area contributed by atoms with E-state index in [-0.39, 0.29) is 30.1 Å². The van der Waals surface area contributed by atoms with Crippen LogP contribution in [0.5, 0.6) is 5.75 Å². The zero-order valence-electron chi connectivity index (χ0n) is 14.1. The molecule has 0 aliphatic heterocycles. The van der Waals surface area contributed by atoms with E-state index < -0.39 is 10.1 Å². The van der Waals surface area contributed by atoms with Gasteiger partial charge >= 0.3 is 10.1 Å². The van der Waals surface area contributed by atoms with Gasteiger partial charge < -0.3 is 13.8 Å². The van der Waals surface area contributed by atoms with Gasteiger partial charge in [-0.2, -0.15) is 8.42 Å². The van der Waals surface area contributed by atoms with Gasteiger partial charge in [-0.15, -0.1) is 0 Å². The van der Waals surface area contributed by atoms with E-state index in [1.165, 1.54) is 14.0 Å². The molecule has 1 aromatic rings. The molecular weight excluding hydrogens is 318 g/mol. The molecule has 1 rings (SSSR count). The molecule has 23 heavy (non-hydrogen) atoms. The number of nitrogens with zero attached hydrogens (tertiary/aromatic N) is 1. The zero-order valence-corrected chi connectivity index (χ0v) is 14.9. The molecule has 0 spiro atoms. The molecule has 1 amide bonds. The fourth-order valence-electron chi connectivity index (χ4n) is 2.01. The molecular formula is C16H25NO5S. The van der Waals surface area contributed by atoms with E-state index >= 15 is 0 Å². The van der Waals surface area contributed by atoms with Crippen LogP contribution in [0.2, 0.25) is 0 Å². The predicted molar refractivity (Wildman–Crippen MR) is 88.7 cm³/mol. The normalized spacial score (nSPS) is 12.7. The van der Waals surface area contributed by atoms with E-state index in [1.807, 2.05) is 19.9 Å². The molecule has 0 saturated carbocycles. The lowest BCUT2D eigenvalue weighted by molar-refractivity contribution is -0.138. The average molecular weight is 343 g/mol. The molecule has 0 N–H and O–H groups in total. The average Bonchev–Trinajstić information content (AvgIpc) is 2.52. The minimum Gasteiger partial charge on any atom is -0.382 e. The molecule has 0 saturated heterocycles. The Balaban J connectivity index is 2.94. The summed E-state index contributed by atoms with van der Waals surface area (Å²) >= 11 is 0. The Morgan fingerprint density at radius 1 is 1.30 bits per heavy atom. The number of hydrogen-bond donors (Lipinski definition) is 0. The number of hydrogen-bond acceptors (Lipinski definition) is 5. The highest BCUT2D eigenvalue weighted by Crippen LogP contribution is 2.18. The summed E-state index contributed by atoms with van der Waals surface area (Å²) in [6, 6.07) is 6.83. The standard InChI is InChI=1S/C16H25NO5S/c1-5-13(3)17(16(18)12-21-4)11-14-8-7-9-15(10-14)22-23(19,20)6-2/h7-10,13H,5-6,11-12H2,1-4H3. The smallest absolute Gasteiger partial charge is 0.308 e. The Morgan fingerprint density at radius 3 is 2.57 bits per heavy atom. The molecule has 1 atom stereocenters. The highest BCUT2D eigenvalue weighted by Gasteiger charge is 2.19. The summed E-state index contributed by atoms with van der Waals surface area (Å²) in [6.45, 7) is 5.89. The minimum atomic E-state index is -3.56. The number of benzene rings is 1. The van der Waals surface area contributed by atoms with Crippen molar-refractivity contribution < 1.29 is 22.1 Å². The maximum atomic E-state index is 12.2. The summed E-state index contributed by atoms with van der Waals surface area (Å²) in [5.74, 6) is 0.0599. The lowest BCUT2D eigenvalue weighted by Gasteiger charge is -2.28.